The molecule has 2 aromatic heterocycles. The van der Waals surface area contributed by atoms with Crippen molar-refractivity contribution in [3.8, 4) is 0 Å². The van der Waals surface area contributed by atoms with Crippen molar-refractivity contribution in [2.75, 3.05) is 0 Å². The van der Waals surface area contributed by atoms with Crippen molar-refractivity contribution in [1.82, 2.24) is 20.0 Å². The smallest absolute Gasteiger partial charge is 0.322 e. The van der Waals surface area contributed by atoms with E-state index in [0.29, 0.717) is 17.8 Å². The third-order valence-electron chi connectivity index (χ3n) is 7.11. The molecule has 152 valence electrons. The van der Waals surface area contributed by atoms with E-state index in [1.54, 1.807) is 24.8 Å². The molecule has 7 heteroatoms. The fourth-order valence-electron chi connectivity index (χ4n) is 6.25. The van der Waals surface area contributed by atoms with Gasteiger partial charge in [0, 0.05) is 18.6 Å². The Morgan fingerprint density at radius 3 is 2.34 bits per heavy atom. The molecule has 7 nitrogen and oxygen atoms in total. The lowest BCUT2D eigenvalue weighted by Gasteiger charge is -2.56. The van der Waals surface area contributed by atoms with Gasteiger partial charge >= 0.3 is 5.97 Å². The number of hydrogen-bond acceptors (Lipinski definition) is 6. The molecule has 4 fully saturated rings. The molecule has 4 aliphatic rings. The zero-order chi connectivity index (χ0) is 19.9. The third-order valence-corrected chi connectivity index (χ3v) is 7.11. The maximum atomic E-state index is 13.6. The summed E-state index contributed by atoms with van der Waals surface area (Å²) in [4.78, 5) is 30.0. The van der Waals surface area contributed by atoms with E-state index in [0.717, 1.165) is 31.1 Å². The van der Waals surface area contributed by atoms with Crippen molar-refractivity contribution in [3.63, 3.8) is 0 Å². The van der Waals surface area contributed by atoms with E-state index in [1.807, 2.05) is 12.1 Å². The first kappa shape index (κ1) is 18.5. The minimum Gasteiger partial charge on any atom is -0.458 e. The minimum absolute atomic E-state index is 0.115. The summed E-state index contributed by atoms with van der Waals surface area (Å²) < 4.78 is 7.82. The van der Waals surface area contributed by atoms with Crippen LogP contribution < -0.4 is 0 Å². The Hall–Kier alpha value is -2.57. The largest absolute Gasteiger partial charge is 0.458 e. The molecule has 4 aliphatic carbocycles. The van der Waals surface area contributed by atoms with Crippen LogP contribution in [0.3, 0.4) is 0 Å². The molecule has 0 N–H and O–H groups in total. The Bertz CT molecular complexity index is 847. The molecule has 29 heavy (non-hydrogen) atoms. The van der Waals surface area contributed by atoms with Gasteiger partial charge in [0.05, 0.1) is 12.7 Å². The van der Waals surface area contributed by atoms with Crippen LogP contribution in [0.5, 0.6) is 0 Å². The standard InChI is InChI=1S/C22H26N4O3/c27-15-21(14-26-6-5-24-25-26,10-16-1-3-23-4-2-16)20(28)29-22-11-17-7-18(12-22)9-19(8-17)13-22/h1-6,15,17-19H,7-14H2. The highest BCUT2D eigenvalue weighted by Gasteiger charge is 2.55. The fraction of sp³-hybridized carbons (Fsp3) is 0.591. The van der Waals surface area contributed by atoms with Crippen LogP contribution in [-0.4, -0.2) is 37.8 Å². The Labute approximate surface area is 169 Å². The number of ether oxygens (including phenoxy) is 1. The zero-order valence-electron chi connectivity index (χ0n) is 16.4. The average Bonchev–Trinajstić information content (AvgIpc) is 3.19. The molecule has 0 aromatic carbocycles. The second kappa shape index (κ2) is 7.04. The summed E-state index contributed by atoms with van der Waals surface area (Å²) in [5, 5.41) is 7.81. The Morgan fingerprint density at radius 2 is 1.79 bits per heavy atom. The number of aromatic nitrogens is 4. The maximum absolute atomic E-state index is 13.6. The van der Waals surface area contributed by atoms with E-state index in [9.17, 15) is 9.59 Å². The summed E-state index contributed by atoms with van der Waals surface area (Å²) in [5.41, 5.74) is -0.853. The number of esters is 1. The summed E-state index contributed by atoms with van der Waals surface area (Å²) in [5.74, 6) is 1.56. The van der Waals surface area contributed by atoms with Crippen LogP contribution in [0, 0.1) is 23.2 Å². The van der Waals surface area contributed by atoms with E-state index in [-0.39, 0.29) is 18.6 Å². The highest BCUT2D eigenvalue weighted by atomic mass is 16.6. The predicted molar refractivity (Wildman–Crippen MR) is 103 cm³/mol. The van der Waals surface area contributed by atoms with Gasteiger partial charge in [-0.05, 0) is 80.4 Å². The molecule has 0 aliphatic heterocycles. The second-order valence-electron chi connectivity index (χ2n) is 9.40. The number of pyridine rings is 1. The number of aldehydes is 1. The van der Waals surface area contributed by atoms with Gasteiger partial charge in [0.25, 0.3) is 0 Å². The topological polar surface area (TPSA) is 87.0 Å². The Balaban J connectivity index is 1.43. The van der Waals surface area contributed by atoms with Crippen molar-refractivity contribution in [1.29, 1.82) is 0 Å². The van der Waals surface area contributed by atoms with Crippen LogP contribution in [0.1, 0.15) is 44.1 Å². The normalized spacial score (nSPS) is 31.9. The van der Waals surface area contributed by atoms with Crippen LogP contribution in [-0.2, 0) is 27.3 Å². The van der Waals surface area contributed by atoms with E-state index < -0.39 is 11.4 Å². The molecule has 4 bridgehead atoms. The molecule has 0 amide bonds. The van der Waals surface area contributed by atoms with Gasteiger partial charge in [0.2, 0.25) is 0 Å². The van der Waals surface area contributed by atoms with Gasteiger partial charge in [0.1, 0.15) is 17.3 Å². The summed E-state index contributed by atoms with van der Waals surface area (Å²) in [6.45, 7) is 0.115. The van der Waals surface area contributed by atoms with E-state index in [1.165, 1.54) is 23.9 Å². The lowest BCUT2D eigenvalue weighted by molar-refractivity contribution is -0.197. The SMILES string of the molecule is O=CC(Cc1ccncc1)(Cn1ccnn1)C(=O)OC12CC3CC(CC(C3)C1)C2. The van der Waals surface area contributed by atoms with E-state index >= 15 is 0 Å². The van der Waals surface area contributed by atoms with Crippen LogP contribution in [0.4, 0.5) is 0 Å². The van der Waals surface area contributed by atoms with E-state index in [2.05, 4.69) is 15.3 Å². The van der Waals surface area contributed by atoms with Crippen LogP contribution in [0.15, 0.2) is 36.9 Å². The second-order valence-corrected chi connectivity index (χ2v) is 9.40. The molecular weight excluding hydrogens is 368 g/mol. The zero-order valence-corrected chi connectivity index (χ0v) is 16.4. The maximum Gasteiger partial charge on any atom is 0.322 e. The van der Waals surface area contributed by atoms with Crippen molar-refractivity contribution < 1.29 is 14.3 Å². The Kier molecular flexibility index (Phi) is 4.48. The van der Waals surface area contributed by atoms with Gasteiger partial charge in [-0.25, -0.2) is 0 Å². The van der Waals surface area contributed by atoms with Gasteiger partial charge in [-0.3, -0.25) is 14.5 Å². The predicted octanol–water partition coefficient (Wildman–Crippen LogP) is 2.61. The summed E-state index contributed by atoms with van der Waals surface area (Å²) in [7, 11) is 0. The molecule has 2 heterocycles. The molecule has 6 rings (SSSR count). The van der Waals surface area contributed by atoms with Crippen LogP contribution in [0.2, 0.25) is 0 Å². The first-order valence-electron chi connectivity index (χ1n) is 10.5. The fourth-order valence-corrected chi connectivity index (χ4v) is 6.25. The van der Waals surface area contributed by atoms with Crippen molar-refractivity contribution >= 4 is 12.3 Å². The van der Waals surface area contributed by atoms with Gasteiger partial charge in [-0.2, -0.15) is 0 Å². The quantitative estimate of drug-likeness (QED) is 0.408. The van der Waals surface area contributed by atoms with Gasteiger partial charge in [-0.1, -0.05) is 5.21 Å². The van der Waals surface area contributed by atoms with Gasteiger partial charge < -0.3 is 9.53 Å². The molecule has 4 saturated carbocycles. The number of hydrogen-bond donors (Lipinski definition) is 0. The third kappa shape index (κ3) is 3.47. The van der Waals surface area contributed by atoms with Crippen molar-refractivity contribution in [2.24, 2.45) is 23.2 Å². The number of rotatable bonds is 7. The molecule has 0 radical (unpaired) electrons. The highest BCUT2D eigenvalue weighted by molar-refractivity contribution is 5.93. The monoisotopic (exact) mass is 394 g/mol. The lowest BCUT2D eigenvalue weighted by Crippen LogP contribution is -2.55. The molecule has 1 atom stereocenters. The van der Waals surface area contributed by atoms with Crippen molar-refractivity contribution in [3.05, 3.63) is 42.5 Å². The summed E-state index contributed by atoms with van der Waals surface area (Å²) in [6, 6.07) is 3.66. The molecule has 0 saturated heterocycles. The van der Waals surface area contributed by atoms with Gasteiger partial charge in [-0.15, -0.1) is 5.10 Å². The average molecular weight is 394 g/mol. The molecule has 1 unspecified atom stereocenters. The first-order valence-corrected chi connectivity index (χ1v) is 10.5. The Morgan fingerprint density at radius 1 is 1.14 bits per heavy atom. The van der Waals surface area contributed by atoms with Gasteiger partial charge in [0.15, 0.2) is 0 Å². The number of carbonyl (C=O) groups excluding carboxylic acids is 2. The highest BCUT2D eigenvalue weighted by Crippen LogP contribution is 2.57. The lowest BCUT2D eigenvalue weighted by atomic mass is 9.54. The van der Waals surface area contributed by atoms with Crippen LogP contribution >= 0.6 is 0 Å². The number of carbonyl (C=O) groups is 2. The molecule has 2 aromatic rings. The molecule has 0 spiro atoms. The minimum atomic E-state index is -1.33. The summed E-state index contributed by atoms with van der Waals surface area (Å²) >= 11 is 0. The summed E-state index contributed by atoms with van der Waals surface area (Å²) in [6.07, 6.45) is 14.2. The van der Waals surface area contributed by atoms with E-state index in [4.69, 9.17) is 4.74 Å². The molecular formula is C22H26N4O3. The number of nitrogens with zero attached hydrogens (tertiary/aromatic N) is 4. The van der Waals surface area contributed by atoms with Crippen LogP contribution in [0.25, 0.3) is 0 Å². The first-order chi connectivity index (χ1) is 14.1. The van der Waals surface area contributed by atoms with Crippen molar-refractivity contribution in [2.45, 2.75) is 57.1 Å².